The molecule has 37 heavy (non-hydrogen) atoms. The van der Waals surface area contributed by atoms with Crippen LogP contribution in [0.5, 0.6) is 5.75 Å². The van der Waals surface area contributed by atoms with Crippen LogP contribution >= 0.6 is 0 Å². The van der Waals surface area contributed by atoms with Crippen LogP contribution in [0.4, 0.5) is 5.82 Å². The van der Waals surface area contributed by atoms with Crippen molar-refractivity contribution >= 4 is 17.6 Å². The predicted molar refractivity (Wildman–Crippen MR) is 146 cm³/mol. The highest BCUT2D eigenvalue weighted by molar-refractivity contribution is 5.78. The topological polar surface area (TPSA) is 74.8 Å². The number of nitrogens with zero attached hydrogens (tertiary/aromatic N) is 3. The van der Waals surface area contributed by atoms with Crippen molar-refractivity contribution in [3.05, 3.63) is 66.4 Å². The number of carbonyl (C=O) groups excluding carboxylic acids is 2. The quantitative estimate of drug-likeness (QED) is 0.519. The van der Waals surface area contributed by atoms with Gasteiger partial charge in [-0.2, -0.15) is 0 Å². The van der Waals surface area contributed by atoms with Crippen molar-refractivity contribution in [3.63, 3.8) is 0 Å². The minimum atomic E-state index is -0.112. The Morgan fingerprint density at radius 3 is 2.46 bits per heavy atom. The fraction of sp³-hybridized carbons (Fsp3) is 0.500. The summed E-state index contributed by atoms with van der Waals surface area (Å²) in [6, 6.07) is 15.3. The van der Waals surface area contributed by atoms with Gasteiger partial charge in [-0.3, -0.25) is 9.59 Å². The second-order valence-corrected chi connectivity index (χ2v) is 10.6. The number of benzene rings is 1. The van der Waals surface area contributed by atoms with Crippen molar-refractivity contribution in [3.8, 4) is 5.75 Å². The van der Waals surface area contributed by atoms with Gasteiger partial charge in [0.15, 0.2) is 6.61 Å². The molecule has 2 heterocycles. The summed E-state index contributed by atoms with van der Waals surface area (Å²) >= 11 is 0. The van der Waals surface area contributed by atoms with E-state index in [0.717, 1.165) is 38.4 Å². The standard InChI is InChI=1S/C30H40N4O3/c1-22(2)27-18-24(19-30(36)34-15-13-33(14-16-34)28-11-7-8-12-31-28)23(3)17-25(27)20-32-29(35)21-37-26-9-5-4-6-10-26/h4-12,17,22,24-25,27H,13-16,18-21H2,1-3H3,(H,32,35). The number of carbonyl (C=O) groups is 2. The first-order valence-electron chi connectivity index (χ1n) is 13.5. The first-order chi connectivity index (χ1) is 17.9. The largest absolute Gasteiger partial charge is 0.484 e. The number of allylic oxidation sites excluding steroid dienone is 1. The van der Waals surface area contributed by atoms with Gasteiger partial charge in [-0.15, -0.1) is 0 Å². The highest BCUT2D eigenvalue weighted by atomic mass is 16.5. The van der Waals surface area contributed by atoms with Gasteiger partial charge in [0.2, 0.25) is 5.91 Å². The summed E-state index contributed by atoms with van der Waals surface area (Å²) in [7, 11) is 0. The van der Waals surface area contributed by atoms with Gasteiger partial charge in [-0.1, -0.05) is 49.8 Å². The Balaban J connectivity index is 1.27. The minimum Gasteiger partial charge on any atom is -0.484 e. The van der Waals surface area contributed by atoms with Crippen molar-refractivity contribution in [2.24, 2.45) is 23.7 Å². The van der Waals surface area contributed by atoms with Gasteiger partial charge >= 0.3 is 0 Å². The Hall–Kier alpha value is -3.35. The summed E-state index contributed by atoms with van der Waals surface area (Å²) in [6.45, 7) is 10.3. The third-order valence-electron chi connectivity index (χ3n) is 7.76. The van der Waals surface area contributed by atoms with Gasteiger partial charge in [0.25, 0.3) is 5.91 Å². The number of para-hydroxylation sites is 1. The maximum absolute atomic E-state index is 13.2. The summed E-state index contributed by atoms with van der Waals surface area (Å²) in [5.41, 5.74) is 1.26. The van der Waals surface area contributed by atoms with Crippen LogP contribution in [0.1, 0.15) is 33.6 Å². The molecule has 0 bridgehead atoms. The Kier molecular flexibility index (Phi) is 9.20. The first-order valence-corrected chi connectivity index (χ1v) is 13.5. The lowest BCUT2D eigenvalue weighted by Crippen LogP contribution is -2.49. The summed E-state index contributed by atoms with van der Waals surface area (Å²) in [4.78, 5) is 34.3. The maximum atomic E-state index is 13.2. The fourth-order valence-electron chi connectivity index (χ4n) is 5.52. The zero-order chi connectivity index (χ0) is 26.2. The molecule has 1 fully saturated rings. The molecular formula is C30H40N4O3. The minimum absolute atomic E-state index is 0.0104. The molecule has 2 aliphatic rings. The van der Waals surface area contributed by atoms with E-state index in [1.54, 1.807) is 0 Å². The van der Waals surface area contributed by atoms with E-state index >= 15 is 0 Å². The SMILES string of the molecule is CC1=CC(CNC(=O)COc2ccccc2)C(C(C)C)CC1CC(=O)N1CCN(c2ccccn2)CC1. The zero-order valence-electron chi connectivity index (χ0n) is 22.3. The van der Waals surface area contributed by atoms with Crippen LogP contribution < -0.4 is 15.0 Å². The van der Waals surface area contributed by atoms with Gasteiger partial charge in [0.1, 0.15) is 11.6 Å². The number of ether oxygens (including phenoxy) is 1. The molecule has 3 unspecified atom stereocenters. The predicted octanol–water partition coefficient (Wildman–Crippen LogP) is 4.17. The maximum Gasteiger partial charge on any atom is 0.257 e. The first kappa shape index (κ1) is 26.7. The summed E-state index contributed by atoms with van der Waals surface area (Å²) in [6.07, 6.45) is 5.64. The molecule has 2 amide bonds. The Morgan fingerprint density at radius 1 is 1.05 bits per heavy atom. The number of nitrogens with one attached hydrogen (secondary N) is 1. The molecule has 0 radical (unpaired) electrons. The highest BCUT2D eigenvalue weighted by Gasteiger charge is 2.34. The third-order valence-corrected chi connectivity index (χ3v) is 7.76. The molecule has 1 aliphatic carbocycles. The molecule has 1 N–H and O–H groups in total. The molecule has 1 aromatic carbocycles. The number of hydrogen-bond donors (Lipinski definition) is 1. The molecule has 1 aliphatic heterocycles. The number of anilines is 1. The molecule has 4 rings (SSSR count). The molecular weight excluding hydrogens is 464 g/mol. The molecule has 7 heteroatoms. The third kappa shape index (κ3) is 7.34. The summed E-state index contributed by atoms with van der Waals surface area (Å²) in [5.74, 6) is 3.19. The van der Waals surface area contributed by atoms with E-state index in [1.807, 2.05) is 59.6 Å². The van der Waals surface area contributed by atoms with E-state index in [1.165, 1.54) is 5.57 Å². The van der Waals surface area contributed by atoms with Crippen LogP contribution in [0.3, 0.4) is 0 Å². The number of pyridine rings is 1. The van der Waals surface area contributed by atoms with E-state index in [2.05, 4.69) is 42.0 Å². The average molecular weight is 505 g/mol. The molecule has 198 valence electrons. The molecule has 3 atom stereocenters. The average Bonchev–Trinajstić information content (AvgIpc) is 2.93. The van der Waals surface area contributed by atoms with Crippen LogP contribution in [0.25, 0.3) is 0 Å². The zero-order valence-corrected chi connectivity index (χ0v) is 22.3. The number of piperazine rings is 1. The smallest absolute Gasteiger partial charge is 0.257 e. The van der Waals surface area contributed by atoms with Crippen LogP contribution in [0.2, 0.25) is 0 Å². The second-order valence-electron chi connectivity index (χ2n) is 10.6. The number of rotatable bonds is 9. The van der Waals surface area contributed by atoms with Gasteiger partial charge in [0.05, 0.1) is 0 Å². The number of aromatic nitrogens is 1. The molecule has 2 aromatic rings. The van der Waals surface area contributed by atoms with E-state index in [9.17, 15) is 9.59 Å². The van der Waals surface area contributed by atoms with E-state index < -0.39 is 0 Å². The molecule has 0 spiro atoms. The summed E-state index contributed by atoms with van der Waals surface area (Å²) in [5, 5.41) is 3.06. The Labute approximate surface area is 220 Å². The van der Waals surface area contributed by atoms with Crippen LogP contribution in [0.15, 0.2) is 66.4 Å². The lowest BCUT2D eigenvalue weighted by atomic mass is 9.69. The Bertz CT molecular complexity index is 1050. The fourth-order valence-corrected chi connectivity index (χ4v) is 5.52. The molecule has 1 saturated heterocycles. The summed E-state index contributed by atoms with van der Waals surface area (Å²) < 4.78 is 5.58. The van der Waals surface area contributed by atoms with Gasteiger partial charge in [-0.05, 0) is 61.3 Å². The van der Waals surface area contributed by atoms with Crippen molar-refractivity contribution in [2.45, 2.75) is 33.6 Å². The van der Waals surface area contributed by atoms with E-state index in [0.29, 0.717) is 30.6 Å². The van der Waals surface area contributed by atoms with Crippen molar-refractivity contribution < 1.29 is 14.3 Å². The van der Waals surface area contributed by atoms with Gasteiger partial charge in [0, 0.05) is 45.3 Å². The lowest BCUT2D eigenvalue weighted by Gasteiger charge is -2.39. The normalized spacial score (nSPS) is 21.9. The monoisotopic (exact) mass is 504 g/mol. The van der Waals surface area contributed by atoms with E-state index in [4.69, 9.17) is 4.74 Å². The molecule has 1 aromatic heterocycles. The van der Waals surface area contributed by atoms with Crippen molar-refractivity contribution in [1.82, 2.24) is 15.2 Å². The highest BCUT2D eigenvalue weighted by Crippen LogP contribution is 2.39. The van der Waals surface area contributed by atoms with Crippen LogP contribution in [-0.4, -0.2) is 61.0 Å². The second kappa shape index (κ2) is 12.7. The van der Waals surface area contributed by atoms with Gasteiger partial charge in [-0.25, -0.2) is 4.98 Å². The number of hydrogen-bond acceptors (Lipinski definition) is 5. The van der Waals surface area contributed by atoms with Gasteiger partial charge < -0.3 is 19.9 Å². The van der Waals surface area contributed by atoms with Crippen LogP contribution in [-0.2, 0) is 9.59 Å². The molecule has 0 saturated carbocycles. The van der Waals surface area contributed by atoms with Crippen LogP contribution in [0, 0.1) is 23.7 Å². The van der Waals surface area contributed by atoms with Crippen molar-refractivity contribution in [1.29, 1.82) is 0 Å². The number of amides is 2. The van der Waals surface area contributed by atoms with Crippen molar-refractivity contribution in [2.75, 3.05) is 44.2 Å². The van der Waals surface area contributed by atoms with E-state index in [-0.39, 0.29) is 30.3 Å². The lowest BCUT2D eigenvalue weighted by molar-refractivity contribution is -0.132. The molecule has 7 nitrogen and oxygen atoms in total. The Morgan fingerprint density at radius 2 is 1.78 bits per heavy atom.